The summed E-state index contributed by atoms with van der Waals surface area (Å²) in [5, 5.41) is 8.66. The Kier molecular flexibility index (Phi) is 3.84. The van der Waals surface area contributed by atoms with Crippen LogP contribution in [0.4, 0.5) is 0 Å². The van der Waals surface area contributed by atoms with Crippen LogP contribution in [0.5, 0.6) is 0 Å². The maximum Gasteiger partial charge on any atom is 0.335 e. The molecule has 0 amide bonds. The SMILES string of the molecule is C=CCS(=O)(=O)Cc1ccc(C(=O)O)cc1. The monoisotopic (exact) mass is 240 g/mol. The van der Waals surface area contributed by atoms with Gasteiger partial charge < -0.3 is 5.11 Å². The molecule has 1 N–H and O–H groups in total. The fourth-order valence-corrected chi connectivity index (χ4v) is 2.41. The third-order valence-corrected chi connectivity index (χ3v) is 3.48. The number of carboxylic acid groups (broad SMARTS) is 1. The molecule has 0 aromatic heterocycles. The number of rotatable bonds is 5. The molecule has 0 unspecified atom stereocenters. The maximum atomic E-state index is 11.4. The van der Waals surface area contributed by atoms with E-state index in [0.29, 0.717) is 5.56 Å². The topological polar surface area (TPSA) is 71.4 Å². The van der Waals surface area contributed by atoms with E-state index in [4.69, 9.17) is 5.11 Å². The molecule has 1 aromatic rings. The Bertz CT molecular complexity index is 485. The minimum Gasteiger partial charge on any atom is -0.478 e. The van der Waals surface area contributed by atoms with Crippen LogP contribution in [-0.4, -0.2) is 25.2 Å². The average molecular weight is 240 g/mol. The third-order valence-electron chi connectivity index (χ3n) is 1.96. The zero-order valence-corrected chi connectivity index (χ0v) is 9.40. The summed E-state index contributed by atoms with van der Waals surface area (Å²) in [5.74, 6) is -1.20. The lowest BCUT2D eigenvalue weighted by molar-refractivity contribution is 0.0697. The van der Waals surface area contributed by atoms with Crippen molar-refractivity contribution in [3.8, 4) is 0 Å². The molecule has 4 nitrogen and oxygen atoms in total. The fraction of sp³-hybridized carbons (Fsp3) is 0.182. The molecule has 5 heteroatoms. The van der Waals surface area contributed by atoms with Gasteiger partial charge in [0.05, 0.1) is 17.1 Å². The standard InChI is InChI=1S/C11H12O4S/c1-2-7-16(14,15)8-9-3-5-10(6-4-9)11(12)13/h2-6H,1,7-8H2,(H,12,13). The Morgan fingerprint density at radius 2 is 1.88 bits per heavy atom. The van der Waals surface area contributed by atoms with Crippen LogP contribution in [0.2, 0.25) is 0 Å². The smallest absolute Gasteiger partial charge is 0.335 e. The number of hydrogen-bond acceptors (Lipinski definition) is 3. The zero-order valence-electron chi connectivity index (χ0n) is 8.59. The van der Waals surface area contributed by atoms with Crippen molar-refractivity contribution >= 4 is 15.8 Å². The normalized spacial score (nSPS) is 11.0. The minimum atomic E-state index is -3.18. The lowest BCUT2D eigenvalue weighted by Crippen LogP contribution is -2.07. The molecule has 86 valence electrons. The molecule has 0 aliphatic carbocycles. The van der Waals surface area contributed by atoms with Gasteiger partial charge in [0.2, 0.25) is 0 Å². The van der Waals surface area contributed by atoms with Gasteiger partial charge in [-0.2, -0.15) is 0 Å². The van der Waals surface area contributed by atoms with Crippen LogP contribution < -0.4 is 0 Å². The Hall–Kier alpha value is -1.62. The summed E-state index contributed by atoms with van der Waals surface area (Å²) >= 11 is 0. The molecule has 16 heavy (non-hydrogen) atoms. The van der Waals surface area contributed by atoms with E-state index in [1.54, 1.807) is 0 Å². The second-order valence-corrected chi connectivity index (χ2v) is 5.45. The Labute approximate surface area is 94.1 Å². The molecule has 0 fully saturated rings. The van der Waals surface area contributed by atoms with Crippen LogP contribution in [0, 0.1) is 0 Å². The van der Waals surface area contributed by atoms with Crippen LogP contribution in [0.25, 0.3) is 0 Å². The largest absolute Gasteiger partial charge is 0.478 e. The van der Waals surface area contributed by atoms with Gasteiger partial charge in [0.1, 0.15) is 0 Å². The quantitative estimate of drug-likeness (QED) is 0.791. The van der Waals surface area contributed by atoms with E-state index in [0.717, 1.165) is 0 Å². The molecule has 0 aliphatic rings. The molecular formula is C11H12O4S. The summed E-state index contributed by atoms with van der Waals surface area (Å²) < 4.78 is 22.9. The Morgan fingerprint density at radius 3 is 2.31 bits per heavy atom. The number of sulfone groups is 1. The predicted octanol–water partition coefficient (Wildman–Crippen LogP) is 1.49. The molecule has 0 radical (unpaired) electrons. The van der Waals surface area contributed by atoms with Crippen molar-refractivity contribution in [1.82, 2.24) is 0 Å². The average Bonchev–Trinajstić information content (AvgIpc) is 2.17. The van der Waals surface area contributed by atoms with Gasteiger partial charge in [-0.25, -0.2) is 13.2 Å². The van der Waals surface area contributed by atoms with Gasteiger partial charge >= 0.3 is 5.97 Å². The molecule has 0 spiro atoms. The van der Waals surface area contributed by atoms with Crippen LogP contribution in [-0.2, 0) is 15.6 Å². The first-order chi connectivity index (χ1) is 7.44. The minimum absolute atomic E-state index is 0.0757. The van der Waals surface area contributed by atoms with Crippen LogP contribution in [0.1, 0.15) is 15.9 Å². The maximum absolute atomic E-state index is 11.4. The van der Waals surface area contributed by atoms with E-state index in [1.165, 1.54) is 30.3 Å². The number of carboxylic acids is 1. The first-order valence-corrected chi connectivity index (χ1v) is 6.40. The second kappa shape index (κ2) is 4.94. The Balaban J connectivity index is 2.84. The molecule has 1 rings (SSSR count). The lowest BCUT2D eigenvalue weighted by atomic mass is 10.1. The number of carbonyl (C=O) groups is 1. The number of aromatic carboxylic acids is 1. The van der Waals surface area contributed by atoms with E-state index in [2.05, 4.69) is 6.58 Å². The molecule has 0 atom stereocenters. The van der Waals surface area contributed by atoms with Crippen molar-refractivity contribution in [2.45, 2.75) is 5.75 Å². The summed E-state index contributed by atoms with van der Waals surface area (Å²) in [6, 6.07) is 5.79. The highest BCUT2D eigenvalue weighted by atomic mass is 32.2. The molecule has 0 heterocycles. The van der Waals surface area contributed by atoms with Gasteiger partial charge in [-0.15, -0.1) is 6.58 Å². The van der Waals surface area contributed by atoms with Crippen LogP contribution >= 0.6 is 0 Å². The highest BCUT2D eigenvalue weighted by Crippen LogP contribution is 2.09. The van der Waals surface area contributed by atoms with Crippen LogP contribution in [0.3, 0.4) is 0 Å². The van der Waals surface area contributed by atoms with E-state index in [-0.39, 0.29) is 17.1 Å². The van der Waals surface area contributed by atoms with Gasteiger partial charge in [-0.05, 0) is 17.7 Å². The fourth-order valence-electron chi connectivity index (χ4n) is 1.24. The molecule has 0 bridgehead atoms. The van der Waals surface area contributed by atoms with Gasteiger partial charge in [0, 0.05) is 0 Å². The lowest BCUT2D eigenvalue weighted by Gasteiger charge is -2.02. The van der Waals surface area contributed by atoms with Gasteiger partial charge in [-0.3, -0.25) is 0 Å². The van der Waals surface area contributed by atoms with Crippen molar-refractivity contribution in [2.24, 2.45) is 0 Å². The van der Waals surface area contributed by atoms with Gasteiger partial charge in [0.25, 0.3) is 0 Å². The van der Waals surface area contributed by atoms with Gasteiger partial charge in [-0.1, -0.05) is 18.2 Å². The zero-order chi connectivity index (χ0) is 12.2. The van der Waals surface area contributed by atoms with Crippen molar-refractivity contribution in [3.05, 3.63) is 48.0 Å². The highest BCUT2D eigenvalue weighted by molar-refractivity contribution is 7.90. The van der Waals surface area contributed by atoms with E-state index in [9.17, 15) is 13.2 Å². The first-order valence-electron chi connectivity index (χ1n) is 4.58. The molecule has 0 saturated heterocycles. The van der Waals surface area contributed by atoms with Crippen molar-refractivity contribution < 1.29 is 18.3 Å². The first kappa shape index (κ1) is 12.4. The summed E-state index contributed by atoms with van der Waals surface area (Å²) in [6.45, 7) is 3.37. The number of hydrogen-bond donors (Lipinski definition) is 1. The second-order valence-electron chi connectivity index (χ2n) is 3.35. The summed E-state index contributed by atoms with van der Waals surface area (Å²) in [7, 11) is -3.18. The van der Waals surface area contributed by atoms with E-state index < -0.39 is 15.8 Å². The highest BCUT2D eigenvalue weighted by Gasteiger charge is 2.10. The molecule has 0 aliphatic heterocycles. The third kappa shape index (κ3) is 3.51. The van der Waals surface area contributed by atoms with Gasteiger partial charge in [0.15, 0.2) is 9.84 Å². The van der Waals surface area contributed by atoms with E-state index in [1.807, 2.05) is 0 Å². The van der Waals surface area contributed by atoms with Crippen molar-refractivity contribution in [2.75, 3.05) is 5.75 Å². The molecule has 0 saturated carbocycles. The number of benzene rings is 1. The summed E-state index contributed by atoms with van der Waals surface area (Å²) in [5.41, 5.74) is 0.719. The van der Waals surface area contributed by atoms with E-state index >= 15 is 0 Å². The summed E-state index contributed by atoms with van der Waals surface area (Å²) in [6.07, 6.45) is 1.33. The molecule has 1 aromatic carbocycles. The van der Waals surface area contributed by atoms with Crippen molar-refractivity contribution in [1.29, 1.82) is 0 Å². The molecular weight excluding hydrogens is 228 g/mol. The van der Waals surface area contributed by atoms with Crippen molar-refractivity contribution in [3.63, 3.8) is 0 Å². The summed E-state index contributed by atoms with van der Waals surface area (Å²) in [4.78, 5) is 10.6. The Morgan fingerprint density at radius 1 is 1.31 bits per heavy atom. The van der Waals surface area contributed by atoms with Crippen LogP contribution in [0.15, 0.2) is 36.9 Å². The predicted molar refractivity (Wildman–Crippen MR) is 61.1 cm³/mol.